The van der Waals surface area contributed by atoms with E-state index in [0.717, 1.165) is 41.4 Å². The molecule has 1 aromatic rings. The van der Waals surface area contributed by atoms with Gasteiger partial charge in [0.1, 0.15) is 0 Å². The van der Waals surface area contributed by atoms with Crippen molar-refractivity contribution >= 4 is 31.9 Å². The Morgan fingerprint density at radius 1 is 1.41 bits per heavy atom. The predicted molar refractivity (Wildman–Crippen MR) is 79.7 cm³/mol. The molecule has 0 radical (unpaired) electrons. The molecule has 0 aliphatic rings. The summed E-state index contributed by atoms with van der Waals surface area (Å²) in [6.07, 6.45) is 2.32. The third-order valence-electron chi connectivity index (χ3n) is 2.96. The summed E-state index contributed by atoms with van der Waals surface area (Å²) in [5, 5.41) is 9.14. The number of aromatic nitrogens is 2. The van der Waals surface area contributed by atoms with Gasteiger partial charge in [0.05, 0.1) is 15.9 Å². The molecule has 98 valence electrons. The van der Waals surface area contributed by atoms with Crippen LogP contribution >= 0.6 is 31.9 Å². The number of alkyl halides is 1. The number of rotatable bonds is 7. The zero-order chi connectivity index (χ0) is 12.8. The Hall–Kier alpha value is 0.130. The SMILES string of the molecule is CCC(CCBr)NCc1c(Br)c(C)nn1CC. The van der Waals surface area contributed by atoms with E-state index in [1.165, 1.54) is 5.69 Å². The van der Waals surface area contributed by atoms with Crippen LogP contribution in [-0.4, -0.2) is 21.2 Å². The van der Waals surface area contributed by atoms with Crippen LogP contribution < -0.4 is 5.32 Å². The maximum atomic E-state index is 4.50. The zero-order valence-electron chi connectivity index (χ0n) is 10.8. The van der Waals surface area contributed by atoms with E-state index in [-0.39, 0.29) is 0 Å². The number of nitrogens with one attached hydrogen (secondary N) is 1. The normalized spacial score (nSPS) is 13.0. The van der Waals surface area contributed by atoms with Gasteiger partial charge in [-0.25, -0.2) is 0 Å². The minimum atomic E-state index is 0.571. The van der Waals surface area contributed by atoms with Gasteiger partial charge < -0.3 is 5.32 Å². The molecule has 1 heterocycles. The van der Waals surface area contributed by atoms with Crippen LogP contribution in [0.25, 0.3) is 0 Å². The van der Waals surface area contributed by atoms with Gasteiger partial charge in [0.2, 0.25) is 0 Å². The summed E-state index contributed by atoms with van der Waals surface area (Å²) >= 11 is 7.12. The first-order valence-electron chi connectivity index (χ1n) is 6.15. The first kappa shape index (κ1) is 15.2. The maximum Gasteiger partial charge on any atom is 0.0739 e. The van der Waals surface area contributed by atoms with Crippen LogP contribution in [0.3, 0.4) is 0 Å². The Labute approximate surface area is 121 Å². The molecule has 3 nitrogen and oxygen atoms in total. The van der Waals surface area contributed by atoms with Crippen LogP contribution in [0, 0.1) is 6.92 Å². The van der Waals surface area contributed by atoms with Crippen LogP contribution in [0.2, 0.25) is 0 Å². The lowest BCUT2D eigenvalue weighted by Crippen LogP contribution is -2.29. The Balaban J connectivity index is 2.67. The van der Waals surface area contributed by atoms with Crippen molar-refractivity contribution in [3.63, 3.8) is 0 Å². The van der Waals surface area contributed by atoms with Crippen LogP contribution in [-0.2, 0) is 13.1 Å². The van der Waals surface area contributed by atoms with Gasteiger partial charge in [0.25, 0.3) is 0 Å². The van der Waals surface area contributed by atoms with E-state index in [1.54, 1.807) is 0 Å². The van der Waals surface area contributed by atoms with Crippen molar-refractivity contribution in [2.75, 3.05) is 5.33 Å². The minimum absolute atomic E-state index is 0.571. The lowest BCUT2D eigenvalue weighted by molar-refractivity contribution is 0.470. The predicted octanol–water partition coefficient (Wildman–Crippen LogP) is 3.63. The van der Waals surface area contributed by atoms with Gasteiger partial charge in [0, 0.05) is 24.5 Å². The Morgan fingerprint density at radius 3 is 2.65 bits per heavy atom. The summed E-state index contributed by atoms with van der Waals surface area (Å²) in [7, 11) is 0. The highest BCUT2D eigenvalue weighted by Crippen LogP contribution is 2.21. The van der Waals surface area contributed by atoms with E-state index in [4.69, 9.17) is 0 Å². The van der Waals surface area contributed by atoms with E-state index >= 15 is 0 Å². The zero-order valence-corrected chi connectivity index (χ0v) is 13.9. The van der Waals surface area contributed by atoms with Gasteiger partial charge in [-0.05, 0) is 42.6 Å². The van der Waals surface area contributed by atoms with Gasteiger partial charge in [-0.1, -0.05) is 22.9 Å². The third kappa shape index (κ3) is 4.07. The van der Waals surface area contributed by atoms with Crippen molar-refractivity contribution < 1.29 is 0 Å². The first-order valence-corrected chi connectivity index (χ1v) is 8.06. The van der Waals surface area contributed by atoms with Crippen LogP contribution in [0.15, 0.2) is 4.47 Å². The molecular formula is C12H21Br2N3. The fraction of sp³-hybridized carbons (Fsp3) is 0.750. The lowest BCUT2D eigenvalue weighted by Gasteiger charge is -2.16. The Kier molecular flexibility index (Phi) is 6.74. The van der Waals surface area contributed by atoms with Gasteiger partial charge in [-0.3, -0.25) is 4.68 Å². The number of nitrogens with zero attached hydrogens (tertiary/aromatic N) is 2. The summed E-state index contributed by atoms with van der Waals surface area (Å²) in [5.41, 5.74) is 2.32. The van der Waals surface area contributed by atoms with Gasteiger partial charge in [-0.15, -0.1) is 0 Å². The summed E-state index contributed by atoms with van der Waals surface area (Å²) in [4.78, 5) is 0. The highest BCUT2D eigenvalue weighted by Gasteiger charge is 2.13. The van der Waals surface area contributed by atoms with Gasteiger partial charge >= 0.3 is 0 Å². The molecule has 0 amide bonds. The smallest absolute Gasteiger partial charge is 0.0739 e. The summed E-state index contributed by atoms with van der Waals surface area (Å²) < 4.78 is 3.20. The molecule has 1 atom stereocenters. The van der Waals surface area contributed by atoms with E-state index in [0.29, 0.717) is 6.04 Å². The molecule has 0 bridgehead atoms. The molecule has 5 heteroatoms. The van der Waals surface area contributed by atoms with Crippen molar-refractivity contribution in [3.8, 4) is 0 Å². The second kappa shape index (κ2) is 7.54. The van der Waals surface area contributed by atoms with Crippen molar-refractivity contribution in [1.82, 2.24) is 15.1 Å². The number of aryl methyl sites for hydroxylation is 2. The summed E-state index contributed by atoms with van der Waals surface area (Å²) in [5.74, 6) is 0. The van der Waals surface area contributed by atoms with E-state index < -0.39 is 0 Å². The number of hydrogen-bond acceptors (Lipinski definition) is 2. The highest BCUT2D eigenvalue weighted by atomic mass is 79.9. The topological polar surface area (TPSA) is 29.9 Å². The second-order valence-electron chi connectivity index (χ2n) is 4.13. The Bertz CT molecular complexity index is 350. The maximum absolute atomic E-state index is 4.50. The lowest BCUT2D eigenvalue weighted by atomic mass is 10.1. The number of hydrogen-bond donors (Lipinski definition) is 1. The molecule has 0 spiro atoms. The van der Waals surface area contributed by atoms with E-state index in [9.17, 15) is 0 Å². The highest BCUT2D eigenvalue weighted by molar-refractivity contribution is 9.10. The third-order valence-corrected chi connectivity index (χ3v) is 4.45. The monoisotopic (exact) mass is 365 g/mol. The first-order chi connectivity index (χ1) is 8.13. The fourth-order valence-corrected chi connectivity index (χ4v) is 2.84. The fourth-order valence-electron chi connectivity index (χ4n) is 1.86. The molecule has 17 heavy (non-hydrogen) atoms. The van der Waals surface area contributed by atoms with Crippen LogP contribution in [0.5, 0.6) is 0 Å². The molecule has 0 fully saturated rings. The molecule has 1 rings (SSSR count). The molecule has 0 aliphatic carbocycles. The standard InChI is InChI=1S/C12H21Br2N3/c1-4-10(6-7-13)15-8-11-12(14)9(3)16-17(11)5-2/h10,15H,4-8H2,1-3H3. The number of halogens is 2. The Morgan fingerprint density at radius 2 is 2.12 bits per heavy atom. The van der Waals surface area contributed by atoms with Crippen LogP contribution in [0.4, 0.5) is 0 Å². The molecule has 0 aliphatic heterocycles. The van der Waals surface area contributed by atoms with Crippen LogP contribution in [0.1, 0.15) is 38.1 Å². The molecule has 1 unspecified atom stereocenters. The van der Waals surface area contributed by atoms with Crippen molar-refractivity contribution in [1.29, 1.82) is 0 Å². The van der Waals surface area contributed by atoms with Crippen molar-refractivity contribution in [3.05, 3.63) is 15.9 Å². The van der Waals surface area contributed by atoms with E-state index in [2.05, 4.69) is 60.8 Å². The summed E-state index contributed by atoms with van der Waals surface area (Å²) in [6.45, 7) is 8.17. The summed E-state index contributed by atoms with van der Waals surface area (Å²) in [6, 6.07) is 0.571. The van der Waals surface area contributed by atoms with E-state index in [1.807, 2.05) is 6.92 Å². The minimum Gasteiger partial charge on any atom is -0.308 e. The van der Waals surface area contributed by atoms with Crippen molar-refractivity contribution in [2.45, 2.75) is 52.7 Å². The molecule has 0 aromatic carbocycles. The molecule has 0 saturated heterocycles. The largest absolute Gasteiger partial charge is 0.308 e. The second-order valence-corrected chi connectivity index (χ2v) is 5.71. The average molecular weight is 367 g/mol. The van der Waals surface area contributed by atoms with Gasteiger partial charge in [-0.2, -0.15) is 5.10 Å². The molecule has 0 saturated carbocycles. The quantitative estimate of drug-likeness (QED) is 0.746. The molecule has 1 N–H and O–H groups in total. The van der Waals surface area contributed by atoms with Crippen molar-refractivity contribution in [2.24, 2.45) is 0 Å². The molecular weight excluding hydrogens is 346 g/mol. The molecule has 1 aromatic heterocycles. The van der Waals surface area contributed by atoms with Gasteiger partial charge in [0.15, 0.2) is 0 Å². The average Bonchev–Trinajstić information content (AvgIpc) is 2.61.